The number of benzene rings is 2. The van der Waals surface area contributed by atoms with E-state index in [0.717, 1.165) is 12.8 Å². The average Bonchev–Trinajstić information content (AvgIpc) is 2.69. The van der Waals surface area contributed by atoms with Crippen LogP contribution in [0.4, 0.5) is 0 Å². The molecule has 1 atom stereocenters. The SMILES string of the molecule is C=CC[C@H](CCO[Si](c1ccccc1)(c1ccccc1)C(C)(C)C)OCOC. The lowest BCUT2D eigenvalue weighted by atomic mass is 10.2. The van der Waals surface area contributed by atoms with Crippen molar-refractivity contribution in [3.8, 4) is 0 Å². The van der Waals surface area contributed by atoms with Gasteiger partial charge in [0, 0.05) is 13.7 Å². The van der Waals surface area contributed by atoms with Crippen LogP contribution >= 0.6 is 0 Å². The van der Waals surface area contributed by atoms with E-state index in [1.807, 2.05) is 6.08 Å². The Balaban J connectivity index is 2.34. The molecule has 3 nitrogen and oxygen atoms in total. The lowest BCUT2D eigenvalue weighted by molar-refractivity contribution is -0.0756. The second kappa shape index (κ2) is 10.7. The van der Waals surface area contributed by atoms with Crippen LogP contribution in [0.5, 0.6) is 0 Å². The summed E-state index contributed by atoms with van der Waals surface area (Å²) < 4.78 is 17.8. The third-order valence-corrected chi connectivity index (χ3v) is 10.1. The highest BCUT2D eigenvalue weighted by Gasteiger charge is 2.50. The molecule has 0 bridgehead atoms. The minimum atomic E-state index is -2.48. The Morgan fingerprint density at radius 1 is 0.964 bits per heavy atom. The van der Waals surface area contributed by atoms with E-state index >= 15 is 0 Å². The fraction of sp³-hybridized carbons (Fsp3) is 0.417. The first kappa shape index (κ1) is 22.6. The number of methoxy groups -OCH3 is 1. The molecule has 0 aliphatic carbocycles. The molecular weight excluding hydrogens is 364 g/mol. The summed E-state index contributed by atoms with van der Waals surface area (Å²) in [5, 5.41) is 2.58. The Hall–Kier alpha value is -1.72. The molecule has 0 spiro atoms. The minimum absolute atomic E-state index is 0.0168. The number of rotatable bonds is 11. The molecule has 0 heterocycles. The van der Waals surface area contributed by atoms with Crippen LogP contribution in [0.1, 0.15) is 33.6 Å². The largest absolute Gasteiger partial charge is 0.407 e. The second-order valence-corrected chi connectivity index (χ2v) is 12.3. The van der Waals surface area contributed by atoms with E-state index in [2.05, 4.69) is 88.0 Å². The van der Waals surface area contributed by atoms with E-state index in [1.54, 1.807) is 7.11 Å². The fourth-order valence-electron chi connectivity index (χ4n) is 3.72. The highest BCUT2D eigenvalue weighted by Crippen LogP contribution is 2.36. The second-order valence-electron chi connectivity index (χ2n) is 8.02. The van der Waals surface area contributed by atoms with Gasteiger partial charge in [0.2, 0.25) is 0 Å². The summed E-state index contributed by atoms with van der Waals surface area (Å²) in [5.74, 6) is 0. The summed E-state index contributed by atoms with van der Waals surface area (Å²) in [5.41, 5.74) is 0. The van der Waals surface area contributed by atoms with Crippen LogP contribution in [0.2, 0.25) is 5.04 Å². The number of hydrogen-bond acceptors (Lipinski definition) is 3. The summed E-state index contributed by atoms with van der Waals surface area (Å²) in [6.07, 6.45) is 3.53. The first-order chi connectivity index (χ1) is 13.5. The average molecular weight is 399 g/mol. The Kier molecular flexibility index (Phi) is 8.64. The molecule has 2 aromatic carbocycles. The highest BCUT2D eigenvalue weighted by molar-refractivity contribution is 6.99. The Labute approximate surface area is 171 Å². The van der Waals surface area contributed by atoms with Gasteiger partial charge in [0.15, 0.2) is 0 Å². The molecule has 0 aromatic heterocycles. The first-order valence-electron chi connectivity index (χ1n) is 9.92. The van der Waals surface area contributed by atoms with E-state index in [4.69, 9.17) is 13.9 Å². The number of ether oxygens (including phenoxy) is 2. The van der Waals surface area contributed by atoms with Crippen LogP contribution in [0.25, 0.3) is 0 Å². The van der Waals surface area contributed by atoms with Gasteiger partial charge in [-0.3, -0.25) is 0 Å². The molecule has 0 saturated carbocycles. The van der Waals surface area contributed by atoms with Crippen molar-refractivity contribution in [1.29, 1.82) is 0 Å². The van der Waals surface area contributed by atoms with Crippen LogP contribution in [0, 0.1) is 0 Å². The van der Waals surface area contributed by atoms with E-state index in [9.17, 15) is 0 Å². The zero-order valence-electron chi connectivity index (χ0n) is 17.7. The summed E-state index contributed by atoms with van der Waals surface area (Å²) in [6.45, 7) is 11.7. The molecule has 0 radical (unpaired) electrons. The molecule has 0 N–H and O–H groups in total. The molecule has 0 unspecified atom stereocenters. The van der Waals surface area contributed by atoms with Crippen molar-refractivity contribution in [3.63, 3.8) is 0 Å². The summed E-state index contributed by atoms with van der Waals surface area (Å²) >= 11 is 0. The molecule has 0 amide bonds. The third-order valence-electron chi connectivity index (χ3n) is 5.03. The van der Waals surface area contributed by atoms with E-state index in [0.29, 0.717) is 6.61 Å². The maximum atomic E-state index is 6.91. The Morgan fingerprint density at radius 2 is 1.50 bits per heavy atom. The van der Waals surface area contributed by atoms with Gasteiger partial charge >= 0.3 is 0 Å². The van der Waals surface area contributed by atoms with Gasteiger partial charge in [-0.05, 0) is 28.3 Å². The monoisotopic (exact) mass is 398 g/mol. The third kappa shape index (κ3) is 5.42. The van der Waals surface area contributed by atoms with Crippen LogP contribution in [-0.4, -0.2) is 34.9 Å². The van der Waals surface area contributed by atoms with Crippen molar-refractivity contribution in [1.82, 2.24) is 0 Å². The minimum Gasteiger partial charge on any atom is -0.407 e. The summed E-state index contributed by atoms with van der Waals surface area (Å²) in [4.78, 5) is 0. The number of hydrogen-bond donors (Lipinski definition) is 0. The molecule has 2 aromatic rings. The van der Waals surface area contributed by atoms with Crippen molar-refractivity contribution in [2.75, 3.05) is 20.5 Å². The molecule has 2 rings (SSSR count). The molecule has 0 fully saturated rings. The summed E-state index contributed by atoms with van der Waals surface area (Å²) in [6, 6.07) is 21.4. The van der Waals surface area contributed by atoms with Gasteiger partial charge in [0.1, 0.15) is 6.79 Å². The van der Waals surface area contributed by atoms with E-state index in [1.165, 1.54) is 10.4 Å². The molecule has 152 valence electrons. The highest BCUT2D eigenvalue weighted by atomic mass is 28.4. The van der Waals surface area contributed by atoms with Crippen LogP contribution in [0.15, 0.2) is 73.3 Å². The smallest absolute Gasteiger partial charge is 0.261 e. The molecular formula is C24H34O3Si. The van der Waals surface area contributed by atoms with E-state index in [-0.39, 0.29) is 17.9 Å². The van der Waals surface area contributed by atoms with Crippen molar-refractivity contribution >= 4 is 18.7 Å². The Morgan fingerprint density at radius 3 is 1.93 bits per heavy atom. The molecule has 0 aliphatic heterocycles. The van der Waals surface area contributed by atoms with E-state index < -0.39 is 8.32 Å². The van der Waals surface area contributed by atoms with Gasteiger partial charge in [-0.1, -0.05) is 87.5 Å². The van der Waals surface area contributed by atoms with Gasteiger partial charge < -0.3 is 13.9 Å². The van der Waals surface area contributed by atoms with Crippen molar-refractivity contribution in [2.24, 2.45) is 0 Å². The van der Waals surface area contributed by atoms with Gasteiger partial charge in [0.05, 0.1) is 6.10 Å². The lowest BCUT2D eigenvalue weighted by Crippen LogP contribution is -2.66. The quantitative estimate of drug-likeness (QED) is 0.316. The predicted molar refractivity (Wildman–Crippen MR) is 120 cm³/mol. The van der Waals surface area contributed by atoms with Crippen molar-refractivity contribution < 1.29 is 13.9 Å². The van der Waals surface area contributed by atoms with Crippen molar-refractivity contribution in [3.05, 3.63) is 73.3 Å². The topological polar surface area (TPSA) is 27.7 Å². The first-order valence-corrected chi connectivity index (χ1v) is 11.8. The molecule has 0 saturated heterocycles. The maximum Gasteiger partial charge on any atom is 0.261 e. The van der Waals surface area contributed by atoms with Gasteiger partial charge in [-0.25, -0.2) is 0 Å². The molecule has 28 heavy (non-hydrogen) atoms. The summed E-state index contributed by atoms with van der Waals surface area (Å²) in [7, 11) is -0.840. The van der Waals surface area contributed by atoms with Crippen LogP contribution in [-0.2, 0) is 13.9 Å². The standard InChI is InChI=1S/C24H34O3Si/c1-6-13-21(26-20-25-5)18-19-27-28(24(2,3)4,22-14-9-7-10-15-22)23-16-11-8-12-17-23/h6-12,14-17,21H,1,13,18-20H2,2-5H3/t21-/m1/s1. The van der Waals surface area contributed by atoms with Crippen LogP contribution in [0.3, 0.4) is 0 Å². The zero-order chi connectivity index (χ0) is 20.5. The maximum absolute atomic E-state index is 6.91. The zero-order valence-corrected chi connectivity index (χ0v) is 18.7. The normalized spacial score (nSPS) is 13.3. The van der Waals surface area contributed by atoms with Crippen molar-refractivity contribution in [2.45, 2.75) is 44.8 Å². The van der Waals surface area contributed by atoms with Crippen LogP contribution < -0.4 is 10.4 Å². The van der Waals surface area contributed by atoms with Gasteiger partial charge in [0.25, 0.3) is 8.32 Å². The van der Waals surface area contributed by atoms with Gasteiger partial charge in [-0.2, -0.15) is 0 Å². The van der Waals surface area contributed by atoms with Gasteiger partial charge in [-0.15, -0.1) is 6.58 Å². The lowest BCUT2D eigenvalue weighted by Gasteiger charge is -2.43. The predicted octanol–water partition coefficient (Wildman–Crippen LogP) is 4.52. The molecule has 0 aliphatic rings. The fourth-order valence-corrected chi connectivity index (χ4v) is 8.30. The Bertz CT molecular complexity index is 655. The molecule has 4 heteroatoms.